The normalized spacial score (nSPS) is 19.8. The zero-order valence-electron chi connectivity index (χ0n) is 15.1. The van der Waals surface area contributed by atoms with E-state index in [0.29, 0.717) is 11.8 Å². The molecule has 0 N–H and O–H groups in total. The van der Waals surface area contributed by atoms with Crippen molar-refractivity contribution in [1.29, 1.82) is 0 Å². The Morgan fingerprint density at radius 3 is 2.46 bits per heavy atom. The summed E-state index contributed by atoms with van der Waals surface area (Å²) in [6, 6.07) is 6.73. The minimum Gasteiger partial charge on any atom is -0.340 e. The number of amides is 1. The Hall–Kier alpha value is -1.00. The van der Waals surface area contributed by atoms with E-state index < -0.39 is 0 Å². The number of thioether (sulfide) groups is 1. The Kier molecular flexibility index (Phi) is 6.23. The molecule has 0 bridgehead atoms. The van der Waals surface area contributed by atoms with Crippen LogP contribution in [0.2, 0.25) is 0 Å². The van der Waals surface area contributed by atoms with Gasteiger partial charge < -0.3 is 4.90 Å². The summed E-state index contributed by atoms with van der Waals surface area (Å²) < 4.78 is 0. The molecule has 3 rings (SSSR count). The van der Waals surface area contributed by atoms with Gasteiger partial charge in [-0.3, -0.25) is 9.69 Å². The van der Waals surface area contributed by atoms with Gasteiger partial charge in [-0.25, -0.2) is 0 Å². The molecule has 4 heteroatoms. The number of carbonyl (C=O) groups is 1. The van der Waals surface area contributed by atoms with Gasteiger partial charge in [-0.1, -0.05) is 18.9 Å². The first kappa shape index (κ1) is 17.8. The van der Waals surface area contributed by atoms with Crippen molar-refractivity contribution in [2.24, 2.45) is 5.92 Å². The average Bonchev–Trinajstić information content (AvgIpc) is 3.13. The van der Waals surface area contributed by atoms with Gasteiger partial charge >= 0.3 is 0 Å². The van der Waals surface area contributed by atoms with E-state index in [1.165, 1.54) is 28.9 Å². The maximum absolute atomic E-state index is 12.5. The van der Waals surface area contributed by atoms with Crippen molar-refractivity contribution in [3.05, 3.63) is 29.3 Å². The standard InChI is InChI=1S/C20H30N2OS/c1-16-7-8-19(15-17(16)2)24-14-13-21-9-11-22(12-10-21)20(23)18-5-3-4-6-18/h7-8,15,18H,3-6,9-14H2,1-2H3. The van der Waals surface area contributed by atoms with Gasteiger partial charge in [-0.15, -0.1) is 11.8 Å². The van der Waals surface area contributed by atoms with Gasteiger partial charge in [0.05, 0.1) is 0 Å². The van der Waals surface area contributed by atoms with Crippen molar-refractivity contribution in [3.63, 3.8) is 0 Å². The van der Waals surface area contributed by atoms with Crippen molar-refractivity contribution >= 4 is 17.7 Å². The van der Waals surface area contributed by atoms with Crippen LogP contribution in [0.3, 0.4) is 0 Å². The Balaban J connectivity index is 1.37. The van der Waals surface area contributed by atoms with E-state index in [1.54, 1.807) is 0 Å². The second-order valence-electron chi connectivity index (χ2n) is 7.24. The van der Waals surface area contributed by atoms with E-state index in [4.69, 9.17) is 0 Å². The van der Waals surface area contributed by atoms with Crippen LogP contribution >= 0.6 is 11.8 Å². The predicted octanol–water partition coefficient (Wildman–Crippen LogP) is 3.73. The zero-order valence-corrected chi connectivity index (χ0v) is 15.9. The highest BCUT2D eigenvalue weighted by Crippen LogP contribution is 2.27. The van der Waals surface area contributed by atoms with Crippen LogP contribution in [0.25, 0.3) is 0 Å². The number of hydrogen-bond donors (Lipinski definition) is 0. The number of rotatable bonds is 5. The van der Waals surface area contributed by atoms with Crippen LogP contribution in [0, 0.1) is 19.8 Å². The van der Waals surface area contributed by atoms with Gasteiger partial charge in [-0.2, -0.15) is 0 Å². The largest absolute Gasteiger partial charge is 0.340 e. The second kappa shape index (κ2) is 8.39. The maximum atomic E-state index is 12.5. The van der Waals surface area contributed by atoms with E-state index in [1.807, 2.05) is 11.8 Å². The molecule has 0 unspecified atom stereocenters. The first-order valence-electron chi connectivity index (χ1n) is 9.34. The smallest absolute Gasteiger partial charge is 0.225 e. The van der Waals surface area contributed by atoms with Gasteiger partial charge in [0.2, 0.25) is 5.91 Å². The summed E-state index contributed by atoms with van der Waals surface area (Å²) in [6.07, 6.45) is 4.72. The van der Waals surface area contributed by atoms with E-state index in [2.05, 4.69) is 41.8 Å². The highest BCUT2D eigenvalue weighted by molar-refractivity contribution is 7.99. The molecule has 0 radical (unpaired) electrons. The maximum Gasteiger partial charge on any atom is 0.225 e. The van der Waals surface area contributed by atoms with Crippen LogP contribution in [0.5, 0.6) is 0 Å². The Labute approximate surface area is 150 Å². The molecule has 1 amide bonds. The average molecular weight is 347 g/mol. The molecule has 2 aliphatic rings. The molecule has 1 saturated carbocycles. The number of piperazine rings is 1. The first-order valence-corrected chi connectivity index (χ1v) is 10.3. The van der Waals surface area contributed by atoms with E-state index in [-0.39, 0.29) is 0 Å². The van der Waals surface area contributed by atoms with Crippen LogP contribution < -0.4 is 0 Å². The van der Waals surface area contributed by atoms with E-state index in [0.717, 1.165) is 51.3 Å². The molecule has 3 nitrogen and oxygen atoms in total. The van der Waals surface area contributed by atoms with Crippen LogP contribution in [0.15, 0.2) is 23.1 Å². The van der Waals surface area contributed by atoms with Crippen molar-refractivity contribution in [1.82, 2.24) is 9.80 Å². The number of benzene rings is 1. The van der Waals surface area contributed by atoms with Crippen LogP contribution in [0.4, 0.5) is 0 Å². The summed E-state index contributed by atoms with van der Waals surface area (Å²) in [7, 11) is 0. The molecule has 1 aromatic carbocycles. The van der Waals surface area contributed by atoms with Crippen molar-refractivity contribution in [3.8, 4) is 0 Å². The minimum absolute atomic E-state index is 0.330. The fourth-order valence-electron chi connectivity index (χ4n) is 3.72. The number of nitrogens with zero attached hydrogens (tertiary/aromatic N) is 2. The highest BCUT2D eigenvalue weighted by Gasteiger charge is 2.29. The first-order chi connectivity index (χ1) is 11.6. The van der Waals surface area contributed by atoms with Gasteiger partial charge in [0.25, 0.3) is 0 Å². The molecule has 1 aliphatic heterocycles. The van der Waals surface area contributed by atoms with Gasteiger partial charge in [0.1, 0.15) is 0 Å². The van der Waals surface area contributed by atoms with Crippen molar-refractivity contribution in [2.75, 3.05) is 38.5 Å². The molecule has 2 fully saturated rings. The topological polar surface area (TPSA) is 23.6 Å². The summed E-state index contributed by atoms with van der Waals surface area (Å²) in [4.78, 5) is 18.5. The molecule has 1 heterocycles. The molecule has 0 atom stereocenters. The highest BCUT2D eigenvalue weighted by atomic mass is 32.2. The van der Waals surface area contributed by atoms with E-state index in [9.17, 15) is 4.79 Å². The Bertz CT molecular complexity index is 561. The monoisotopic (exact) mass is 346 g/mol. The molecule has 24 heavy (non-hydrogen) atoms. The van der Waals surface area contributed by atoms with Crippen LogP contribution in [-0.4, -0.2) is 54.2 Å². The summed E-state index contributed by atoms with van der Waals surface area (Å²) in [6.45, 7) is 9.37. The summed E-state index contributed by atoms with van der Waals surface area (Å²) >= 11 is 1.94. The fourth-order valence-corrected chi connectivity index (χ4v) is 4.73. The van der Waals surface area contributed by atoms with Gasteiger partial charge in [0.15, 0.2) is 0 Å². The molecular weight excluding hydrogens is 316 g/mol. The molecule has 0 aromatic heterocycles. The fraction of sp³-hybridized carbons (Fsp3) is 0.650. The third-order valence-electron chi connectivity index (χ3n) is 5.54. The number of aryl methyl sites for hydroxylation is 2. The van der Waals surface area contributed by atoms with Gasteiger partial charge in [0, 0.05) is 49.3 Å². The third-order valence-corrected chi connectivity index (χ3v) is 6.52. The molecular formula is C20H30N2OS. The third kappa shape index (κ3) is 4.54. The SMILES string of the molecule is Cc1ccc(SCCN2CCN(C(=O)C3CCCC3)CC2)cc1C. The zero-order chi connectivity index (χ0) is 16.9. The predicted molar refractivity (Wildman–Crippen MR) is 102 cm³/mol. The molecule has 1 aliphatic carbocycles. The lowest BCUT2D eigenvalue weighted by molar-refractivity contribution is -0.137. The molecule has 132 valence electrons. The van der Waals surface area contributed by atoms with Crippen LogP contribution in [0.1, 0.15) is 36.8 Å². The quantitative estimate of drug-likeness (QED) is 0.759. The van der Waals surface area contributed by atoms with E-state index >= 15 is 0 Å². The second-order valence-corrected chi connectivity index (χ2v) is 8.41. The van der Waals surface area contributed by atoms with Crippen molar-refractivity contribution < 1.29 is 4.79 Å². The van der Waals surface area contributed by atoms with Crippen LogP contribution in [-0.2, 0) is 4.79 Å². The number of carbonyl (C=O) groups excluding carboxylic acids is 1. The Morgan fingerprint density at radius 1 is 1.08 bits per heavy atom. The van der Waals surface area contributed by atoms with Crippen molar-refractivity contribution in [2.45, 2.75) is 44.4 Å². The summed E-state index contributed by atoms with van der Waals surface area (Å²) in [5.41, 5.74) is 2.74. The minimum atomic E-state index is 0.330. The number of hydrogen-bond acceptors (Lipinski definition) is 3. The molecule has 1 saturated heterocycles. The lowest BCUT2D eigenvalue weighted by atomic mass is 10.1. The summed E-state index contributed by atoms with van der Waals surface area (Å²) in [5, 5.41) is 0. The summed E-state index contributed by atoms with van der Waals surface area (Å²) in [5.74, 6) is 1.88. The molecule has 1 aromatic rings. The molecule has 0 spiro atoms. The lowest BCUT2D eigenvalue weighted by Crippen LogP contribution is -2.50. The Morgan fingerprint density at radius 2 is 1.79 bits per heavy atom. The lowest BCUT2D eigenvalue weighted by Gasteiger charge is -2.36. The van der Waals surface area contributed by atoms with Gasteiger partial charge in [-0.05, 0) is 49.9 Å².